The second-order valence-electron chi connectivity index (χ2n) is 5.86. The quantitative estimate of drug-likeness (QED) is 0.512. The van der Waals surface area contributed by atoms with Gasteiger partial charge in [0.05, 0.1) is 11.7 Å². The van der Waals surface area contributed by atoms with Crippen LogP contribution >= 0.6 is 0 Å². The number of hydrogen-bond acceptors (Lipinski definition) is 1. The van der Waals surface area contributed by atoms with Gasteiger partial charge in [-0.15, -0.1) is 0 Å². The Kier molecular flexibility index (Phi) is 3.25. The number of allylic oxidation sites excluding steroid dienone is 4. The molecule has 0 aromatic carbocycles. The molecule has 16 heavy (non-hydrogen) atoms. The molecule has 1 heterocycles. The standard InChI is InChI=1S/C15H24O/c1-11(2)6-5-7-12(3)13-8-9-15(4)14(10-13)16-15/h6-7,13-14H,5,8-10H2,1-4H3/b12-7+/t13-,14-,15+/m1/s1. The van der Waals surface area contributed by atoms with E-state index in [0.717, 1.165) is 12.3 Å². The van der Waals surface area contributed by atoms with Gasteiger partial charge in [0.25, 0.3) is 0 Å². The molecule has 0 aromatic rings. The number of epoxide rings is 1. The fourth-order valence-electron chi connectivity index (χ4n) is 2.71. The smallest absolute Gasteiger partial charge is 0.0920 e. The van der Waals surface area contributed by atoms with Crippen molar-refractivity contribution in [3.05, 3.63) is 23.3 Å². The minimum absolute atomic E-state index is 0.261. The fourth-order valence-corrected chi connectivity index (χ4v) is 2.71. The van der Waals surface area contributed by atoms with Crippen molar-refractivity contribution < 1.29 is 4.74 Å². The second kappa shape index (κ2) is 4.37. The highest BCUT2D eigenvalue weighted by atomic mass is 16.6. The molecule has 2 aliphatic rings. The van der Waals surface area contributed by atoms with Gasteiger partial charge in [-0.3, -0.25) is 0 Å². The summed E-state index contributed by atoms with van der Waals surface area (Å²) < 4.78 is 5.75. The second-order valence-corrected chi connectivity index (χ2v) is 5.86. The van der Waals surface area contributed by atoms with Crippen LogP contribution < -0.4 is 0 Å². The molecule has 0 radical (unpaired) electrons. The van der Waals surface area contributed by atoms with Crippen molar-refractivity contribution in [2.75, 3.05) is 0 Å². The van der Waals surface area contributed by atoms with Crippen LogP contribution in [-0.2, 0) is 4.74 Å². The number of ether oxygens (including phenoxy) is 1. The Hall–Kier alpha value is -0.560. The van der Waals surface area contributed by atoms with Gasteiger partial charge >= 0.3 is 0 Å². The van der Waals surface area contributed by atoms with Gasteiger partial charge in [0.1, 0.15) is 0 Å². The van der Waals surface area contributed by atoms with E-state index in [9.17, 15) is 0 Å². The molecule has 1 aliphatic heterocycles. The fraction of sp³-hybridized carbons (Fsp3) is 0.733. The van der Waals surface area contributed by atoms with Crippen molar-refractivity contribution in [1.82, 2.24) is 0 Å². The molecule has 0 amide bonds. The molecule has 1 saturated heterocycles. The van der Waals surface area contributed by atoms with Gasteiger partial charge in [-0.05, 0) is 59.3 Å². The largest absolute Gasteiger partial charge is 0.366 e. The highest BCUT2D eigenvalue weighted by Crippen LogP contribution is 2.50. The first-order valence-corrected chi connectivity index (χ1v) is 6.49. The third kappa shape index (κ3) is 2.57. The Bertz CT molecular complexity index is 322. The normalized spacial score (nSPS) is 37.9. The highest BCUT2D eigenvalue weighted by molar-refractivity contribution is 5.14. The molecule has 2 rings (SSSR count). The molecule has 2 fully saturated rings. The number of hydrogen-bond donors (Lipinski definition) is 0. The van der Waals surface area contributed by atoms with Crippen molar-refractivity contribution in [1.29, 1.82) is 0 Å². The number of rotatable bonds is 3. The van der Waals surface area contributed by atoms with Gasteiger partial charge in [-0.25, -0.2) is 0 Å². The molecule has 0 bridgehead atoms. The summed E-state index contributed by atoms with van der Waals surface area (Å²) in [7, 11) is 0. The van der Waals surface area contributed by atoms with E-state index in [4.69, 9.17) is 4.74 Å². The summed E-state index contributed by atoms with van der Waals surface area (Å²) >= 11 is 0. The average molecular weight is 220 g/mol. The van der Waals surface area contributed by atoms with Crippen LogP contribution in [0.15, 0.2) is 23.3 Å². The van der Waals surface area contributed by atoms with Crippen LogP contribution in [0.25, 0.3) is 0 Å². The van der Waals surface area contributed by atoms with Gasteiger partial charge in [0.2, 0.25) is 0 Å². The predicted octanol–water partition coefficient (Wildman–Crippen LogP) is 4.25. The zero-order chi connectivity index (χ0) is 11.8. The lowest BCUT2D eigenvalue weighted by molar-refractivity contribution is 0.303. The van der Waals surface area contributed by atoms with Crippen molar-refractivity contribution in [3.63, 3.8) is 0 Å². The van der Waals surface area contributed by atoms with E-state index in [2.05, 4.69) is 39.8 Å². The first kappa shape index (κ1) is 11.9. The van der Waals surface area contributed by atoms with E-state index >= 15 is 0 Å². The van der Waals surface area contributed by atoms with Crippen LogP contribution in [0.2, 0.25) is 0 Å². The van der Waals surface area contributed by atoms with E-state index in [-0.39, 0.29) is 5.60 Å². The van der Waals surface area contributed by atoms with Crippen molar-refractivity contribution in [2.45, 2.75) is 65.1 Å². The van der Waals surface area contributed by atoms with E-state index in [1.165, 1.54) is 24.8 Å². The number of fused-ring (bicyclic) bond motifs is 1. The Morgan fingerprint density at radius 2 is 2.06 bits per heavy atom. The summed E-state index contributed by atoms with van der Waals surface area (Å²) in [5.74, 6) is 0.770. The lowest BCUT2D eigenvalue weighted by Crippen LogP contribution is -2.21. The molecule has 3 atom stereocenters. The van der Waals surface area contributed by atoms with E-state index < -0.39 is 0 Å². The van der Waals surface area contributed by atoms with Crippen LogP contribution in [0, 0.1) is 5.92 Å². The topological polar surface area (TPSA) is 12.5 Å². The summed E-state index contributed by atoms with van der Waals surface area (Å²) in [5.41, 5.74) is 3.23. The zero-order valence-corrected chi connectivity index (χ0v) is 11.0. The molecular weight excluding hydrogens is 196 g/mol. The summed E-state index contributed by atoms with van der Waals surface area (Å²) in [6, 6.07) is 0. The Labute approximate surface area is 99.6 Å². The third-order valence-corrected chi connectivity index (χ3v) is 4.13. The minimum Gasteiger partial charge on any atom is -0.366 e. The summed E-state index contributed by atoms with van der Waals surface area (Å²) in [6.45, 7) is 8.87. The Morgan fingerprint density at radius 1 is 1.31 bits per heavy atom. The van der Waals surface area contributed by atoms with Crippen LogP contribution in [-0.4, -0.2) is 11.7 Å². The molecule has 0 N–H and O–H groups in total. The van der Waals surface area contributed by atoms with Crippen molar-refractivity contribution in [3.8, 4) is 0 Å². The third-order valence-electron chi connectivity index (χ3n) is 4.13. The predicted molar refractivity (Wildman–Crippen MR) is 68.4 cm³/mol. The molecular formula is C15H24O. The molecule has 1 saturated carbocycles. The average Bonchev–Trinajstić information content (AvgIpc) is 2.87. The van der Waals surface area contributed by atoms with Crippen molar-refractivity contribution in [2.24, 2.45) is 5.92 Å². The first-order valence-electron chi connectivity index (χ1n) is 6.49. The van der Waals surface area contributed by atoms with Crippen molar-refractivity contribution >= 4 is 0 Å². The molecule has 0 unspecified atom stereocenters. The molecule has 90 valence electrons. The van der Waals surface area contributed by atoms with E-state index in [1.54, 1.807) is 5.57 Å². The van der Waals surface area contributed by atoms with Gasteiger partial charge in [0.15, 0.2) is 0 Å². The Morgan fingerprint density at radius 3 is 2.69 bits per heavy atom. The molecule has 1 aliphatic carbocycles. The maximum atomic E-state index is 5.75. The molecule has 0 aromatic heterocycles. The summed E-state index contributed by atoms with van der Waals surface area (Å²) in [4.78, 5) is 0. The van der Waals surface area contributed by atoms with Gasteiger partial charge in [-0.2, -0.15) is 0 Å². The lowest BCUT2D eigenvalue weighted by atomic mass is 9.79. The van der Waals surface area contributed by atoms with Crippen LogP contribution in [0.3, 0.4) is 0 Å². The molecule has 1 heteroatoms. The first-order chi connectivity index (χ1) is 7.51. The monoisotopic (exact) mass is 220 g/mol. The van der Waals surface area contributed by atoms with Crippen LogP contribution in [0.5, 0.6) is 0 Å². The maximum Gasteiger partial charge on any atom is 0.0920 e. The summed E-state index contributed by atoms with van der Waals surface area (Å²) in [5, 5.41) is 0. The highest BCUT2D eigenvalue weighted by Gasteiger charge is 2.55. The van der Waals surface area contributed by atoms with Gasteiger partial charge in [-0.1, -0.05) is 23.3 Å². The van der Waals surface area contributed by atoms with E-state index in [0.29, 0.717) is 6.10 Å². The molecule has 0 spiro atoms. The van der Waals surface area contributed by atoms with Crippen LogP contribution in [0.4, 0.5) is 0 Å². The Balaban J connectivity index is 1.86. The summed E-state index contributed by atoms with van der Waals surface area (Å²) in [6.07, 6.45) is 10.1. The SMILES string of the molecule is CC(C)=CC/C=C(\C)[C@@H]1CC[C@]2(C)O[C@@H]2C1. The maximum absolute atomic E-state index is 5.75. The lowest BCUT2D eigenvalue weighted by Gasteiger charge is -2.23. The molecule has 1 nitrogen and oxygen atoms in total. The van der Waals surface area contributed by atoms with Gasteiger partial charge in [0, 0.05) is 0 Å². The van der Waals surface area contributed by atoms with E-state index in [1.807, 2.05) is 0 Å². The van der Waals surface area contributed by atoms with Crippen LogP contribution in [0.1, 0.15) is 53.4 Å². The zero-order valence-electron chi connectivity index (χ0n) is 11.0. The minimum atomic E-state index is 0.261. The van der Waals surface area contributed by atoms with Gasteiger partial charge < -0.3 is 4.74 Å².